The highest BCUT2D eigenvalue weighted by Gasteiger charge is 2.40. The number of amides is 2. The van der Waals surface area contributed by atoms with Crippen LogP contribution in [0.2, 0.25) is 0 Å². The predicted molar refractivity (Wildman–Crippen MR) is 116 cm³/mol. The van der Waals surface area contributed by atoms with Crippen molar-refractivity contribution in [2.45, 2.75) is 45.6 Å². The Kier molecular flexibility index (Phi) is 7.04. The largest absolute Gasteiger partial charge is 0.321 e. The lowest BCUT2D eigenvalue weighted by Gasteiger charge is -2.43. The van der Waals surface area contributed by atoms with Crippen molar-refractivity contribution in [1.29, 1.82) is 0 Å². The summed E-state index contributed by atoms with van der Waals surface area (Å²) in [5.74, 6) is -0.00192. The summed E-state index contributed by atoms with van der Waals surface area (Å²) >= 11 is 0. The molecule has 0 aromatic heterocycles. The average molecular weight is 395 g/mol. The molecule has 0 radical (unpaired) electrons. The molecule has 3 rings (SSSR count). The van der Waals surface area contributed by atoms with E-state index in [4.69, 9.17) is 0 Å². The zero-order chi connectivity index (χ0) is 20.7. The summed E-state index contributed by atoms with van der Waals surface area (Å²) in [6.07, 6.45) is 5.11. The fourth-order valence-electron chi connectivity index (χ4n) is 4.66. The third-order valence-corrected chi connectivity index (χ3v) is 6.12. The number of aryl methyl sites for hydroxylation is 2. The third-order valence-electron chi connectivity index (χ3n) is 6.12. The molecule has 1 saturated heterocycles. The first-order chi connectivity index (χ1) is 14.1. The lowest BCUT2D eigenvalue weighted by Crippen LogP contribution is -2.58. The number of hydrogen-bond donors (Lipinski definition) is 2. The number of anilines is 1. The summed E-state index contributed by atoms with van der Waals surface area (Å²) in [5.41, 5.74) is 4.25. The van der Waals surface area contributed by atoms with Crippen LogP contribution in [0.5, 0.6) is 0 Å². The lowest BCUT2D eigenvalue weighted by molar-refractivity contribution is -0.951. The number of nitrogens with one attached hydrogen (secondary N) is 2. The van der Waals surface area contributed by atoms with Crippen LogP contribution in [0, 0.1) is 13.8 Å². The van der Waals surface area contributed by atoms with Crippen LogP contribution >= 0.6 is 0 Å². The van der Waals surface area contributed by atoms with Gasteiger partial charge in [0.2, 0.25) is 6.41 Å². The third kappa shape index (κ3) is 5.04. The fourth-order valence-corrected chi connectivity index (χ4v) is 4.66. The first-order valence-corrected chi connectivity index (χ1v) is 10.5. The Hall–Kier alpha value is -2.66. The Morgan fingerprint density at radius 3 is 2.45 bits per heavy atom. The molecule has 5 heteroatoms. The number of nitrogens with zero attached hydrogens (tertiary/aromatic N) is 1. The highest BCUT2D eigenvalue weighted by atomic mass is 16.2. The molecule has 0 aliphatic carbocycles. The van der Waals surface area contributed by atoms with E-state index in [0.717, 1.165) is 55.5 Å². The van der Waals surface area contributed by atoms with Gasteiger partial charge in [-0.1, -0.05) is 48.5 Å². The molecule has 0 bridgehead atoms. The zero-order valence-electron chi connectivity index (χ0n) is 17.5. The summed E-state index contributed by atoms with van der Waals surface area (Å²) in [5, 5.41) is 6.04. The van der Waals surface area contributed by atoms with E-state index in [0.29, 0.717) is 17.7 Å². The number of para-hydroxylation sites is 1. The molecule has 2 aromatic carbocycles. The number of benzene rings is 2. The van der Waals surface area contributed by atoms with E-state index < -0.39 is 0 Å². The molecule has 2 aromatic rings. The monoisotopic (exact) mass is 394 g/mol. The van der Waals surface area contributed by atoms with Gasteiger partial charge in [0, 0.05) is 17.7 Å². The molecule has 1 aliphatic heterocycles. The van der Waals surface area contributed by atoms with Crippen molar-refractivity contribution in [3.05, 3.63) is 65.2 Å². The zero-order valence-corrected chi connectivity index (χ0v) is 17.5. The summed E-state index contributed by atoms with van der Waals surface area (Å²) in [7, 11) is 0. The molecule has 2 atom stereocenters. The van der Waals surface area contributed by atoms with Gasteiger partial charge in [0.25, 0.3) is 5.91 Å². The Morgan fingerprint density at radius 1 is 1.03 bits per heavy atom. The number of carbonyl (C=O) groups is 2. The van der Waals surface area contributed by atoms with Crippen LogP contribution in [0.25, 0.3) is 0 Å². The normalized spacial score (nSPS) is 21.8. The van der Waals surface area contributed by atoms with Crippen molar-refractivity contribution in [2.24, 2.45) is 0 Å². The molecule has 2 amide bonds. The maximum Gasteiger partial charge on any atom is 0.279 e. The van der Waals surface area contributed by atoms with E-state index in [1.807, 2.05) is 38.1 Å². The molecule has 1 fully saturated rings. The summed E-state index contributed by atoms with van der Waals surface area (Å²) in [6, 6.07) is 16.6. The SMILES string of the molecule is Cc1cccc(C)c1NC(=O)C[N+]1(CNC=O)CCCCCC1c1ccccc1. The van der Waals surface area contributed by atoms with E-state index in [9.17, 15) is 9.59 Å². The molecule has 0 saturated carbocycles. The van der Waals surface area contributed by atoms with Gasteiger partial charge in [-0.05, 0) is 44.2 Å². The van der Waals surface area contributed by atoms with E-state index in [1.165, 1.54) is 5.56 Å². The minimum atomic E-state index is -0.00192. The van der Waals surface area contributed by atoms with Crippen LogP contribution in [0.15, 0.2) is 48.5 Å². The van der Waals surface area contributed by atoms with Crippen molar-refractivity contribution < 1.29 is 14.1 Å². The number of rotatable bonds is 7. The molecule has 1 aliphatic rings. The Bertz CT molecular complexity index is 817. The standard InChI is InChI=1S/C24H31N3O2/c1-19-10-9-11-20(2)24(19)26-23(29)16-27(17-25-18-28)15-8-4-7-14-22(27)21-12-5-3-6-13-21/h3,5-6,9-13,18,22H,4,7-8,14-17H2,1-2H3,(H-,25,26,28,29)/p+1. The van der Waals surface area contributed by atoms with Gasteiger partial charge in [-0.3, -0.25) is 14.1 Å². The van der Waals surface area contributed by atoms with Gasteiger partial charge in [0.1, 0.15) is 6.04 Å². The Balaban J connectivity index is 1.91. The van der Waals surface area contributed by atoms with Crippen molar-refractivity contribution in [1.82, 2.24) is 5.32 Å². The summed E-state index contributed by atoms with van der Waals surface area (Å²) in [4.78, 5) is 24.4. The Labute approximate surface area is 173 Å². The average Bonchev–Trinajstić information content (AvgIpc) is 2.92. The molecule has 2 N–H and O–H groups in total. The van der Waals surface area contributed by atoms with Crippen molar-refractivity contribution in [3.8, 4) is 0 Å². The fraction of sp³-hybridized carbons (Fsp3) is 0.417. The van der Waals surface area contributed by atoms with Gasteiger partial charge in [-0.25, -0.2) is 0 Å². The maximum absolute atomic E-state index is 13.2. The first-order valence-electron chi connectivity index (χ1n) is 10.5. The van der Waals surface area contributed by atoms with Gasteiger partial charge in [-0.15, -0.1) is 0 Å². The Morgan fingerprint density at radius 2 is 1.76 bits per heavy atom. The molecule has 154 valence electrons. The van der Waals surface area contributed by atoms with Crippen molar-refractivity contribution >= 4 is 18.0 Å². The first kappa shape index (κ1) is 21.1. The summed E-state index contributed by atoms with van der Waals surface area (Å²) in [6.45, 7) is 5.71. The van der Waals surface area contributed by atoms with Gasteiger partial charge in [0.15, 0.2) is 13.2 Å². The van der Waals surface area contributed by atoms with E-state index in [2.05, 4.69) is 34.9 Å². The lowest BCUT2D eigenvalue weighted by atomic mass is 9.98. The van der Waals surface area contributed by atoms with E-state index in [-0.39, 0.29) is 11.9 Å². The molecule has 1 heterocycles. The maximum atomic E-state index is 13.2. The number of likely N-dealkylation sites (tertiary alicyclic amines) is 1. The van der Waals surface area contributed by atoms with Crippen LogP contribution in [-0.4, -0.2) is 36.6 Å². The summed E-state index contributed by atoms with van der Waals surface area (Å²) < 4.78 is 0.555. The van der Waals surface area contributed by atoms with Crippen LogP contribution in [0.1, 0.15) is 48.4 Å². The second-order valence-electron chi connectivity index (χ2n) is 8.17. The topological polar surface area (TPSA) is 58.2 Å². The van der Waals surface area contributed by atoms with Crippen LogP contribution in [0.4, 0.5) is 5.69 Å². The number of quaternary nitrogens is 1. The van der Waals surface area contributed by atoms with E-state index in [1.54, 1.807) is 0 Å². The molecule has 29 heavy (non-hydrogen) atoms. The van der Waals surface area contributed by atoms with Crippen molar-refractivity contribution in [2.75, 3.05) is 25.1 Å². The smallest absolute Gasteiger partial charge is 0.279 e. The number of hydrogen-bond acceptors (Lipinski definition) is 2. The van der Waals surface area contributed by atoms with E-state index >= 15 is 0 Å². The minimum absolute atomic E-state index is 0.00192. The van der Waals surface area contributed by atoms with Crippen LogP contribution in [0.3, 0.4) is 0 Å². The van der Waals surface area contributed by atoms with Gasteiger partial charge in [-0.2, -0.15) is 0 Å². The second-order valence-corrected chi connectivity index (χ2v) is 8.17. The van der Waals surface area contributed by atoms with Crippen molar-refractivity contribution in [3.63, 3.8) is 0 Å². The highest BCUT2D eigenvalue weighted by molar-refractivity contribution is 5.93. The molecule has 2 unspecified atom stereocenters. The molecule has 5 nitrogen and oxygen atoms in total. The van der Waals surface area contributed by atoms with Gasteiger partial charge >= 0.3 is 0 Å². The molecular weight excluding hydrogens is 362 g/mol. The molecule has 0 spiro atoms. The van der Waals surface area contributed by atoms with Crippen LogP contribution < -0.4 is 10.6 Å². The quantitative estimate of drug-likeness (QED) is 0.549. The van der Waals surface area contributed by atoms with Gasteiger partial charge in [0.05, 0.1) is 6.54 Å². The predicted octanol–water partition coefficient (Wildman–Crippen LogP) is 4.08. The van der Waals surface area contributed by atoms with Gasteiger partial charge < -0.3 is 10.6 Å². The second kappa shape index (κ2) is 9.70. The minimum Gasteiger partial charge on any atom is -0.321 e. The molecular formula is C24H32N3O2+. The highest BCUT2D eigenvalue weighted by Crippen LogP contribution is 2.36. The number of carbonyl (C=O) groups excluding carboxylic acids is 2. The van der Waals surface area contributed by atoms with Crippen LogP contribution in [-0.2, 0) is 9.59 Å².